The molecule has 3 N–H and O–H groups in total. The first-order valence-electron chi connectivity index (χ1n) is 9.46. The van der Waals surface area contributed by atoms with Crippen molar-refractivity contribution in [3.05, 3.63) is 47.8 Å². The fourth-order valence-electron chi connectivity index (χ4n) is 2.95. The molecule has 3 aromatic rings. The Morgan fingerprint density at radius 3 is 2.53 bits per heavy atom. The second kappa shape index (κ2) is 9.39. The lowest BCUT2D eigenvalue weighted by molar-refractivity contribution is -0.136. The standard InChI is InChI=1S/C20H20F5N5O2/c1-30(2)7-3-5-27-19(31)29-11-8-13(21)17(14(22)9-11)32-15-4-6-26-18-16(15)12(10-28-18)20(23,24)25/h4,6,8-10H,3,5,7H2,1-2H3,(H,26,28)(H2,27,29,31). The molecule has 0 bridgehead atoms. The minimum Gasteiger partial charge on any atom is -0.450 e. The highest BCUT2D eigenvalue weighted by molar-refractivity contribution is 5.89. The Morgan fingerprint density at radius 2 is 1.91 bits per heavy atom. The maximum atomic E-state index is 14.5. The Kier molecular flexibility index (Phi) is 6.82. The molecule has 0 aliphatic rings. The topological polar surface area (TPSA) is 82.3 Å². The zero-order valence-electron chi connectivity index (χ0n) is 17.1. The van der Waals surface area contributed by atoms with Crippen LogP contribution in [0.4, 0.5) is 32.4 Å². The van der Waals surface area contributed by atoms with Crippen molar-refractivity contribution in [2.45, 2.75) is 12.6 Å². The lowest BCUT2D eigenvalue weighted by Crippen LogP contribution is -2.31. The Bertz CT molecular complexity index is 1090. The molecule has 12 heteroatoms. The van der Waals surface area contributed by atoms with Gasteiger partial charge in [0.15, 0.2) is 17.4 Å². The Balaban J connectivity index is 1.78. The number of H-pyrrole nitrogens is 1. The van der Waals surface area contributed by atoms with Crippen LogP contribution >= 0.6 is 0 Å². The van der Waals surface area contributed by atoms with Gasteiger partial charge in [-0.3, -0.25) is 0 Å². The van der Waals surface area contributed by atoms with Crippen LogP contribution in [-0.4, -0.2) is 48.1 Å². The van der Waals surface area contributed by atoms with E-state index in [1.807, 2.05) is 19.0 Å². The molecular formula is C20H20F5N5O2. The summed E-state index contributed by atoms with van der Waals surface area (Å²) in [6.45, 7) is 1.10. The number of anilines is 1. The van der Waals surface area contributed by atoms with Crippen molar-refractivity contribution in [3.8, 4) is 11.5 Å². The van der Waals surface area contributed by atoms with Crippen molar-refractivity contribution in [1.29, 1.82) is 0 Å². The number of aromatic nitrogens is 2. The van der Waals surface area contributed by atoms with Gasteiger partial charge in [-0.05, 0) is 33.1 Å². The predicted octanol–water partition coefficient (Wildman–Crippen LogP) is 4.73. The average Bonchev–Trinajstić information content (AvgIpc) is 3.13. The molecule has 0 radical (unpaired) electrons. The number of rotatable bonds is 7. The van der Waals surface area contributed by atoms with Crippen molar-refractivity contribution < 1.29 is 31.5 Å². The normalized spacial score (nSPS) is 11.8. The van der Waals surface area contributed by atoms with Crippen LogP contribution < -0.4 is 15.4 Å². The number of carbonyl (C=O) groups excluding carboxylic acids is 1. The summed E-state index contributed by atoms with van der Waals surface area (Å²) in [6, 6.07) is 2.02. The zero-order valence-corrected chi connectivity index (χ0v) is 17.1. The highest BCUT2D eigenvalue weighted by atomic mass is 19.4. The molecule has 0 fully saturated rings. The van der Waals surface area contributed by atoms with E-state index in [-0.39, 0.29) is 11.3 Å². The van der Waals surface area contributed by atoms with Crippen LogP contribution in [0.3, 0.4) is 0 Å². The lowest BCUT2D eigenvalue weighted by Gasteiger charge is -2.13. The molecular weight excluding hydrogens is 437 g/mol. The average molecular weight is 457 g/mol. The third-order valence-corrected chi connectivity index (χ3v) is 4.38. The van der Waals surface area contributed by atoms with Crippen molar-refractivity contribution in [2.24, 2.45) is 0 Å². The highest BCUT2D eigenvalue weighted by Gasteiger charge is 2.35. The number of nitrogens with one attached hydrogen (secondary N) is 3. The largest absolute Gasteiger partial charge is 0.450 e. The fourth-order valence-corrected chi connectivity index (χ4v) is 2.95. The summed E-state index contributed by atoms with van der Waals surface area (Å²) in [5, 5.41) is 4.38. The quantitative estimate of drug-likeness (QED) is 0.354. The third-order valence-electron chi connectivity index (χ3n) is 4.38. The molecule has 0 unspecified atom stereocenters. The molecule has 1 aromatic carbocycles. The summed E-state index contributed by atoms with van der Waals surface area (Å²) in [5.74, 6) is -3.76. The van der Waals surface area contributed by atoms with E-state index in [4.69, 9.17) is 4.74 Å². The molecule has 2 aromatic heterocycles. The van der Waals surface area contributed by atoms with E-state index in [9.17, 15) is 26.7 Å². The summed E-state index contributed by atoms with van der Waals surface area (Å²) < 4.78 is 74.0. The molecule has 0 aliphatic carbocycles. The summed E-state index contributed by atoms with van der Waals surface area (Å²) >= 11 is 0. The lowest BCUT2D eigenvalue weighted by atomic mass is 10.2. The molecule has 2 amide bonds. The van der Waals surface area contributed by atoms with Crippen LogP contribution in [0.2, 0.25) is 0 Å². The van der Waals surface area contributed by atoms with Crippen molar-refractivity contribution in [3.63, 3.8) is 0 Å². The summed E-state index contributed by atoms with van der Waals surface area (Å²) in [5.41, 5.74) is -1.42. The van der Waals surface area contributed by atoms with Gasteiger partial charge >= 0.3 is 12.2 Å². The monoisotopic (exact) mass is 457 g/mol. The van der Waals surface area contributed by atoms with Gasteiger partial charge in [-0.15, -0.1) is 0 Å². The summed E-state index contributed by atoms with van der Waals surface area (Å²) in [6.07, 6.45) is -2.22. The molecule has 0 atom stereocenters. The molecule has 0 spiro atoms. The van der Waals surface area contributed by atoms with E-state index < -0.39 is 46.3 Å². The van der Waals surface area contributed by atoms with E-state index in [0.29, 0.717) is 19.2 Å². The third kappa shape index (κ3) is 5.44. The maximum Gasteiger partial charge on any atom is 0.418 e. The molecule has 2 heterocycles. The van der Waals surface area contributed by atoms with Gasteiger partial charge in [0, 0.05) is 36.8 Å². The van der Waals surface area contributed by atoms with Crippen LogP contribution in [0, 0.1) is 11.6 Å². The van der Waals surface area contributed by atoms with E-state index in [1.165, 1.54) is 0 Å². The predicted molar refractivity (Wildman–Crippen MR) is 108 cm³/mol. The molecule has 0 saturated heterocycles. The number of pyridine rings is 1. The van der Waals surface area contributed by atoms with E-state index in [1.54, 1.807) is 0 Å². The first-order valence-corrected chi connectivity index (χ1v) is 9.46. The molecule has 0 aliphatic heterocycles. The number of nitrogens with zero attached hydrogens (tertiary/aromatic N) is 2. The van der Waals surface area contributed by atoms with Crippen molar-refractivity contribution in [2.75, 3.05) is 32.5 Å². The maximum absolute atomic E-state index is 14.5. The second-order valence-electron chi connectivity index (χ2n) is 7.14. The van der Waals surface area contributed by atoms with Gasteiger partial charge in [-0.2, -0.15) is 13.2 Å². The van der Waals surface area contributed by atoms with Gasteiger partial charge in [-0.1, -0.05) is 0 Å². The number of benzene rings is 1. The number of fused-ring (bicyclic) bond motifs is 1. The van der Waals surface area contributed by atoms with Crippen molar-refractivity contribution >= 4 is 22.8 Å². The van der Waals surface area contributed by atoms with Gasteiger partial charge in [0.2, 0.25) is 0 Å². The number of hydrogen-bond acceptors (Lipinski definition) is 4. The minimum atomic E-state index is -4.73. The molecule has 7 nitrogen and oxygen atoms in total. The van der Waals surface area contributed by atoms with Gasteiger partial charge < -0.3 is 25.3 Å². The van der Waals surface area contributed by atoms with Crippen LogP contribution in [0.25, 0.3) is 11.0 Å². The van der Waals surface area contributed by atoms with Gasteiger partial charge in [0.1, 0.15) is 11.4 Å². The number of hydrogen-bond donors (Lipinski definition) is 3. The molecule has 32 heavy (non-hydrogen) atoms. The highest BCUT2D eigenvalue weighted by Crippen LogP contribution is 2.40. The first kappa shape index (κ1) is 23.3. The van der Waals surface area contributed by atoms with Gasteiger partial charge in [0.05, 0.1) is 10.9 Å². The Hall–Kier alpha value is -3.41. The molecule has 3 rings (SSSR count). The Morgan fingerprint density at radius 1 is 1.22 bits per heavy atom. The second-order valence-corrected chi connectivity index (χ2v) is 7.14. The van der Waals surface area contributed by atoms with E-state index in [0.717, 1.165) is 30.9 Å². The molecule has 172 valence electrons. The Labute approximate surface area is 179 Å². The summed E-state index contributed by atoms with van der Waals surface area (Å²) in [7, 11) is 3.76. The minimum absolute atomic E-state index is 0.153. The number of ether oxygens (including phenoxy) is 1. The van der Waals surface area contributed by atoms with Gasteiger partial charge in [-0.25, -0.2) is 18.6 Å². The molecule has 0 saturated carbocycles. The zero-order chi connectivity index (χ0) is 23.5. The van der Waals surface area contributed by atoms with E-state index in [2.05, 4.69) is 20.6 Å². The smallest absolute Gasteiger partial charge is 0.418 e. The SMILES string of the molecule is CN(C)CCCNC(=O)Nc1cc(F)c(Oc2ccnc3[nH]cc(C(F)(F)F)c23)c(F)c1. The number of aromatic amines is 1. The van der Waals surface area contributed by atoms with E-state index >= 15 is 0 Å². The van der Waals surface area contributed by atoms with Gasteiger partial charge in [0.25, 0.3) is 0 Å². The van der Waals surface area contributed by atoms with Crippen LogP contribution in [-0.2, 0) is 6.18 Å². The summed E-state index contributed by atoms with van der Waals surface area (Å²) in [4.78, 5) is 19.9. The van der Waals surface area contributed by atoms with Crippen molar-refractivity contribution in [1.82, 2.24) is 20.2 Å². The fraction of sp³-hybridized carbons (Fsp3) is 0.300. The number of amides is 2. The van der Waals surface area contributed by atoms with Crippen LogP contribution in [0.5, 0.6) is 11.5 Å². The number of alkyl halides is 3. The number of halogens is 5. The van der Waals surface area contributed by atoms with Crippen LogP contribution in [0.15, 0.2) is 30.6 Å². The first-order chi connectivity index (χ1) is 15.1. The number of carbonyl (C=O) groups is 1. The number of urea groups is 1. The van der Waals surface area contributed by atoms with Crippen LogP contribution in [0.1, 0.15) is 12.0 Å².